The van der Waals surface area contributed by atoms with Crippen LogP contribution in [0.2, 0.25) is 5.02 Å². The molecule has 1 aromatic rings. The summed E-state index contributed by atoms with van der Waals surface area (Å²) in [5.74, 6) is 0. The van der Waals surface area contributed by atoms with Gasteiger partial charge in [-0.25, -0.2) is 4.79 Å². The lowest BCUT2D eigenvalue weighted by Crippen LogP contribution is -2.35. The van der Waals surface area contributed by atoms with Crippen molar-refractivity contribution in [2.24, 2.45) is 0 Å². The van der Waals surface area contributed by atoms with Crippen molar-refractivity contribution in [3.8, 4) is 0 Å². The maximum Gasteiger partial charge on any atom is 0.411 e. The molecule has 2 atom stereocenters. The van der Waals surface area contributed by atoms with E-state index in [1.54, 1.807) is 17.8 Å². The van der Waals surface area contributed by atoms with Gasteiger partial charge in [0, 0.05) is 15.2 Å². The van der Waals surface area contributed by atoms with Crippen LogP contribution in [0.4, 0.5) is 10.5 Å². The van der Waals surface area contributed by atoms with Crippen molar-refractivity contribution < 1.29 is 9.53 Å². The molecular formula is C13H14ClNO2S. The van der Waals surface area contributed by atoms with Crippen molar-refractivity contribution >= 4 is 35.1 Å². The Morgan fingerprint density at radius 1 is 1.33 bits per heavy atom. The molecule has 0 saturated heterocycles. The lowest BCUT2D eigenvalue weighted by molar-refractivity contribution is 0.0901. The number of rotatable bonds is 0. The van der Waals surface area contributed by atoms with E-state index in [4.69, 9.17) is 16.3 Å². The van der Waals surface area contributed by atoms with Crippen LogP contribution < -0.4 is 5.32 Å². The smallest absolute Gasteiger partial charge is 0.411 e. The Labute approximate surface area is 115 Å². The highest BCUT2D eigenvalue weighted by molar-refractivity contribution is 8.00. The molecule has 3 nitrogen and oxygen atoms in total. The topological polar surface area (TPSA) is 38.3 Å². The lowest BCUT2D eigenvalue weighted by atomic mass is 9.97. The van der Waals surface area contributed by atoms with Crippen molar-refractivity contribution in [3.05, 3.63) is 23.2 Å². The third-order valence-electron chi connectivity index (χ3n) is 3.36. The van der Waals surface area contributed by atoms with Gasteiger partial charge in [0.1, 0.15) is 6.10 Å². The number of ether oxygens (including phenoxy) is 1. The Morgan fingerprint density at radius 3 is 3.06 bits per heavy atom. The molecule has 1 aliphatic carbocycles. The summed E-state index contributed by atoms with van der Waals surface area (Å²) in [5, 5.41) is 3.76. The molecule has 3 rings (SSSR count). The molecule has 1 aromatic carbocycles. The minimum Gasteiger partial charge on any atom is -0.445 e. The van der Waals surface area contributed by atoms with E-state index >= 15 is 0 Å². The first-order chi connectivity index (χ1) is 8.72. The van der Waals surface area contributed by atoms with Gasteiger partial charge in [0.15, 0.2) is 0 Å². The minimum absolute atomic E-state index is 0.0348. The predicted octanol–water partition coefficient (Wildman–Crippen LogP) is 4.31. The highest BCUT2D eigenvalue weighted by Crippen LogP contribution is 2.41. The second-order valence-electron chi connectivity index (χ2n) is 4.65. The maximum absolute atomic E-state index is 11.8. The monoisotopic (exact) mass is 283 g/mol. The lowest BCUT2D eigenvalue weighted by Gasteiger charge is -2.33. The second-order valence-corrected chi connectivity index (χ2v) is 6.37. The first-order valence-corrected chi connectivity index (χ1v) is 7.42. The van der Waals surface area contributed by atoms with E-state index in [-0.39, 0.29) is 12.2 Å². The number of carbonyl (C=O) groups excluding carboxylic acids is 1. The number of amides is 1. The van der Waals surface area contributed by atoms with Gasteiger partial charge in [-0.1, -0.05) is 18.0 Å². The van der Waals surface area contributed by atoms with E-state index < -0.39 is 0 Å². The van der Waals surface area contributed by atoms with Crippen molar-refractivity contribution in [3.63, 3.8) is 0 Å². The van der Waals surface area contributed by atoms with Crippen molar-refractivity contribution in [1.82, 2.24) is 0 Å². The zero-order valence-corrected chi connectivity index (χ0v) is 11.4. The molecule has 0 bridgehead atoms. The van der Waals surface area contributed by atoms with Crippen molar-refractivity contribution in [2.45, 2.75) is 41.9 Å². The Balaban J connectivity index is 1.94. The number of anilines is 1. The van der Waals surface area contributed by atoms with Crippen molar-refractivity contribution in [1.29, 1.82) is 0 Å². The zero-order chi connectivity index (χ0) is 12.5. The van der Waals surface area contributed by atoms with E-state index in [0.29, 0.717) is 10.3 Å². The van der Waals surface area contributed by atoms with E-state index in [1.165, 1.54) is 6.42 Å². The van der Waals surface area contributed by atoms with Gasteiger partial charge in [0.2, 0.25) is 0 Å². The van der Waals surface area contributed by atoms with Crippen LogP contribution in [0.3, 0.4) is 0 Å². The van der Waals surface area contributed by atoms with Gasteiger partial charge in [0.25, 0.3) is 0 Å². The summed E-state index contributed by atoms with van der Waals surface area (Å²) >= 11 is 7.74. The quantitative estimate of drug-likeness (QED) is 0.771. The molecule has 0 spiro atoms. The van der Waals surface area contributed by atoms with Crippen LogP contribution >= 0.6 is 23.4 Å². The normalized spacial score (nSPS) is 27.1. The average Bonchev–Trinajstić information content (AvgIpc) is 2.32. The number of hydrogen-bond donors (Lipinski definition) is 1. The third-order valence-corrected chi connectivity index (χ3v) is 5.04. The van der Waals surface area contributed by atoms with Crippen LogP contribution in [0.1, 0.15) is 25.7 Å². The summed E-state index contributed by atoms with van der Waals surface area (Å²) in [6.45, 7) is 0. The Morgan fingerprint density at radius 2 is 2.17 bits per heavy atom. The van der Waals surface area contributed by atoms with Crippen LogP contribution in [-0.4, -0.2) is 17.4 Å². The fraction of sp³-hybridized carbons (Fsp3) is 0.462. The van der Waals surface area contributed by atoms with Crippen LogP contribution in [0, 0.1) is 0 Å². The molecule has 2 aliphatic rings. The number of thioether (sulfide) groups is 1. The van der Waals surface area contributed by atoms with E-state index in [2.05, 4.69) is 5.32 Å². The van der Waals surface area contributed by atoms with Gasteiger partial charge in [-0.15, -0.1) is 11.8 Å². The van der Waals surface area contributed by atoms with E-state index in [1.807, 2.05) is 12.1 Å². The standard InChI is InChI=1S/C13H14ClNO2S/c14-8-5-6-11-9(7-8)15-13(16)17-10-3-1-2-4-12(10)18-11/h5-7,10,12H,1-4H2,(H,15,16)/t10-,12-/m1/s1. The fourth-order valence-corrected chi connectivity index (χ4v) is 3.98. The molecule has 1 aliphatic heterocycles. The highest BCUT2D eigenvalue weighted by atomic mass is 35.5. The molecule has 18 heavy (non-hydrogen) atoms. The van der Waals surface area contributed by atoms with E-state index in [0.717, 1.165) is 29.8 Å². The molecule has 5 heteroatoms. The number of hydrogen-bond acceptors (Lipinski definition) is 3. The summed E-state index contributed by atoms with van der Waals surface area (Å²) in [4.78, 5) is 12.9. The van der Waals surface area contributed by atoms with Gasteiger partial charge in [-0.05, 0) is 37.5 Å². The average molecular weight is 284 g/mol. The van der Waals surface area contributed by atoms with Gasteiger partial charge in [-0.3, -0.25) is 5.32 Å². The fourth-order valence-electron chi connectivity index (χ4n) is 2.48. The Kier molecular flexibility index (Phi) is 3.39. The molecule has 96 valence electrons. The van der Waals surface area contributed by atoms with Crippen LogP contribution in [0.25, 0.3) is 0 Å². The molecule has 0 radical (unpaired) electrons. The number of fused-ring (bicyclic) bond motifs is 2. The van der Waals surface area contributed by atoms with Gasteiger partial charge < -0.3 is 4.74 Å². The molecule has 1 amide bonds. The van der Waals surface area contributed by atoms with Gasteiger partial charge in [0.05, 0.1) is 5.69 Å². The molecule has 1 saturated carbocycles. The summed E-state index contributed by atoms with van der Waals surface area (Å²) in [6, 6.07) is 5.60. The number of halogens is 1. The zero-order valence-electron chi connectivity index (χ0n) is 9.82. The summed E-state index contributed by atoms with van der Waals surface area (Å²) < 4.78 is 5.48. The Bertz CT molecular complexity index is 480. The van der Waals surface area contributed by atoms with Crippen molar-refractivity contribution in [2.75, 3.05) is 5.32 Å². The summed E-state index contributed by atoms with van der Waals surface area (Å²) in [5.41, 5.74) is 0.751. The molecule has 1 heterocycles. The third kappa shape index (κ3) is 2.45. The summed E-state index contributed by atoms with van der Waals surface area (Å²) in [7, 11) is 0. The maximum atomic E-state index is 11.8. The van der Waals surface area contributed by atoms with Gasteiger partial charge >= 0.3 is 6.09 Å². The molecule has 0 unspecified atom stereocenters. The Hall–Kier alpha value is -0.870. The minimum atomic E-state index is -0.365. The highest BCUT2D eigenvalue weighted by Gasteiger charge is 2.31. The first kappa shape index (κ1) is 12.2. The molecule has 0 aromatic heterocycles. The number of carbonyl (C=O) groups is 1. The van der Waals surface area contributed by atoms with Gasteiger partial charge in [-0.2, -0.15) is 0 Å². The van der Waals surface area contributed by atoms with Crippen LogP contribution in [0.5, 0.6) is 0 Å². The summed E-state index contributed by atoms with van der Waals surface area (Å²) in [6.07, 6.45) is 4.09. The second kappa shape index (κ2) is 5.02. The largest absolute Gasteiger partial charge is 0.445 e. The van der Waals surface area contributed by atoms with Crippen LogP contribution in [-0.2, 0) is 4.74 Å². The predicted molar refractivity (Wildman–Crippen MR) is 73.5 cm³/mol. The first-order valence-electron chi connectivity index (χ1n) is 6.16. The number of benzene rings is 1. The number of nitrogens with one attached hydrogen (secondary N) is 1. The molecular weight excluding hydrogens is 270 g/mol. The van der Waals surface area contributed by atoms with Crippen LogP contribution in [0.15, 0.2) is 23.1 Å². The molecule has 1 fully saturated rings. The SMILES string of the molecule is O=C1Nc2cc(Cl)ccc2S[C@@H]2CCCC[C@H]2O1. The molecule has 1 N–H and O–H groups in total. The van der Waals surface area contributed by atoms with E-state index in [9.17, 15) is 4.79 Å².